The molecule has 0 spiro atoms. The quantitative estimate of drug-likeness (QED) is 0.474. The van der Waals surface area contributed by atoms with E-state index >= 15 is 0 Å². The first-order valence-electron chi connectivity index (χ1n) is 10.0. The van der Waals surface area contributed by atoms with Crippen LogP contribution in [0.5, 0.6) is 0 Å². The van der Waals surface area contributed by atoms with Crippen molar-refractivity contribution in [2.24, 2.45) is 0 Å². The number of pyridine rings is 1. The van der Waals surface area contributed by atoms with Gasteiger partial charge < -0.3 is 9.72 Å². The number of ether oxygens (including phenoxy) is 1. The van der Waals surface area contributed by atoms with E-state index in [1.54, 1.807) is 20.8 Å². The molecule has 30 heavy (non-hydrogen) atoms. The van der Waals surface area contributed by atoms with Crippen molar-refractivity contribution in [3.8, 4) is 0 Å². The van der Waals surface area contributed by atoms with Crippen LogP contribution in [0, 0.1) is 20.8 Å². The fourth-order valence-electron chi connectivity index (χ4n) is 3.97. The first kappa shape index (κ1) is 21.4. The summed E-state index contributed by atoms with van der Waals surface area (Å²) < 4.78 is 5.58. The Kier molecular flexibility index (Phi) is 5.87. The summed E-state index contributed by atoms with van der Waals surface area (Å²) >= 11 is 0. The topological polar surface area (TPSA) is 89.1 Å². The number of hydrogen-bond donors (Lipinski definition) is 1. The van der Waals surface area contributed by atoms with E-state index in [0.717, 1.165) is 11.3 Å². The van der Waals surface area contributed by atoms with E-state index in [9.17, 15) is 14.4 Å². The van der Waals surface area contributed by atoms with Crippen molar-refractivity contribution in [1.82, 2.24) is 9.97 Å². The van der Waals surface area contributed by atoms with Gasteiger partial charge in [-0.15, -0.1) is 0 Å². The van der Waals surface area contributed by atoms with Crippen molar-refractivity contribution in [3.05, 3.63) is 63.6 Å². The number of aryl methyl sites for hydroxylation is 2. The van der Waals surface area contributed by atoms with E-state index in [-0.39, 0.29) is 11.6 Å². The zero-order valence-electron chi connectivity index (χ0n) is 18.2. The third-order valence-electron chi connectivity index (χ3n) is 5.46. The summed E-state index contributed by atoms with van der Waals surface area (Å²) in [6, 6.07) is 7.40. The molecule has 0 unspecified atom stereocenters. The van der Waals surface area contributed by atoms with Crippen LogP contribution in [0.3, 0.4) is 0 Å². The second-order valence-corrected chi connectivity index (χ2v) is 7.52. The van der Waals surface area contributed by atoms with Gasteiger partial charge in [-0.05, 0) is 58.2 Å². The van der Waals surface area contributed by atoms with Gasteiger partial charge in [0.1, 0.15) is 0 Å². The third-order valence-corrected chi connectivity index (χ3v) is 5.46. The Labute approximate surface area is 175 Å². The standard InChI is InChI=1S/C24H26N2O4/c1-7-18-12(2)21(17-10-8-9-11-19(17)26-18)24(29)30-16(6)23(28)22-13(3)20(15(5)27)14(4)25-22/h8-11,16,25H,7H2,1-6H3/t16-/m1/s1. The van der Waals surface area contributed by atoms with Gasteiger partial charge in [0.05, 0.1) is 16.8 Å². The molecule has 1 atom stereocenters. The summed E-state index contributed by atoms with van der Waals surface area (Å²) in [6.45, 7) is 10.3. The Hall–Kier alpha value is -3.28. The lowest BCUT2D eigenvalue weighted by Gasteiger charge is -2.16. The number of fused-ring (bicyclic) bond motifs is 1. The summed E-state index contributed by atoms with van der Waals surface area (Å²) in [5, 5.41) is 0.697. The zero-order chi connectivity index (χ0) is 22.2. The number of esters is 1. The summed E-state index contributed by atoms with van der Waals surface area (Å²) in [7, 11) is 0. The summed E-state index contributed by atoms with van der Waals surface area (Å²) in [5.41, 5.74) is 4.73. The SMILES string of the molecule is CCc1nc2ccccc2c(C(=O)O[C@H](C)C(=O)c2[nH]c(C)c(C(C)=O)c2C)c1C. The third kappa shape index (κ3) is 3.65. The van der Waals surface area contributed by atoms with Gasteiger partial charge in [-0.3, -0.25) is 14.6 Å². The molecular formula is C24H26N2O4. The van der Waals surface area contributed by atoms with Gasteiger partial charge in [0.2, 0.25) is 5.78 Å². The van der Waals surface area contributed by atoms with Gasteiger partial charge in [-0.2, -0.15) is 0 Å². The molecule has 156 valence electrons. The Morgan fingerprint density at radius 3 is 2.33 bits per heavy atom. The number of nitrogens with one attached hydrogen (secondary N) is 1. The van der Waals surface area contributed by atoms with Crippen molar-refractivity contribution in [1.29, 1.82) is 0 Å². The molecule has 0 fully saturated rings. The molecule has 0 radical (unpaired) electrons. The Bertz CT molecular complexity index is 1170. The van der Waals surface area contributed by atoms with Crippen LogP contribution < -0.4 is 0 Å². The van der Waals surface area contributed by atoms with Gasteiger partial charge in [0.25, 0.3) is 0 Å². The number of carbonyl (C=O) groups excluding carboxylic acids is 3. The second kappa shape index (κ2) is 8.22. The molecule has 0 bridgehead atoms. The molecule has 0 aliphatic heterocycles. The van der Waals surface area contributed by atoms with E-state index in [1.165, 1.54) is 6.92 Å². The highest BCUT2D eigenvalue weighted by Crippen LogP contribution is 2.26. The molecule has 3 aromatic rings. The van der Waals surface area contributed by atoms with Crippen LogP contribution in [-0.2, 0) is 11.2 Å². The monoisotopic (exact) mass is 406 g/mol. The van der Waals surface area contributed by atoms with E-state index in [0.29, 0.717) is 45.4 Å². The number of ketones is 2. The summed E-state index contributed by atoms with van der Waals surface area (Å²) in [6.07, 6.45) is -0.328. The highest BCUT2D eigenvalue weighted by molar-refractivity contribution is 6.08. The first-order valence-corrected chi connectivity index (χ1v) is 10.0. The lowest BCUT2D eigenvalue weighted by atomic mass is 10.00. The lowest BCUT2D eigenvalue weighted by molar-refractivity contribution is 0.0318. The molecule has 2 heterocycles. The maximum atomic E-state index is 13.1. The van der Waals surface area contributed by atoms with Crippen LogP contribution in [0.25, 0.3) is 10.9 Å². The van der Waals surface area contributed by atoms with Gasteiger partial charge >= 0.3 is 5.97 Å². The van der Waals surface area contributed by atoms with E-state index in [1.807, 2.05) is 38.1 Å². The van der Waals surface area contributed by atoms with Crippen molar-refractivity contribution in [3.63, 3.8) is 0 Å². The molecule has 1 N–H and O–H groups in total. The molecule has 0 aliphatic carbocycles. The predicted molar refractivity (Wildman–Crippen MR) is 115 cm³/mol. The number of rotatable bonds is 6. The number of hydrogen-bond acceptors (Lipinski definition) is 5. The molecule has 0 saturated carbocycles. The largest absolute Gasteiger partial charge is 0.451 e. The minimum atomic E-state index is -1.01. The maximum Gasteiger partial charge on any atom is 0.339 e. The Balaban J connectivity index is 1.95. The summed E-state index contributed by atoms with van der Waals surface area (Å²) in [4.78, 5) is 45.5. The second-order valence-electron chi connectivity index (χ2n) is 7.52. The molecule has 6 heteroatoms. The number of nitrogens with zero attached hydrogens (tertiary/aromatic N) is 1. The van der Waals surface area contributed by atoms with Crippen LogP contribution in [0.1, 0.15) is 74.5 Å². The van der Waals surface area contributed by atoms with E-state index in [4.69, 9.17) is 4.74 Å². The van der Waals surface area contributed by atoms with Crippen LogP contribution in [-0.4, -0.2) is 33.6 Å². The lowest BCUT2D eigenvalue weighted by Crippen LogP contribution is -2.26. The highest BCUT2D eigenvalue weighted by atomic mass is 16.5. The zero-order valence-corrected chi connectivity index (χ0v) is 18.2. The summed E-state index contributed by atoms with van der Waals surface area (Å²) in [5.74, 6) is -1.05. The van der Waals surface area contributed by atoms with Crippen LogP contribution >= 0.6 is 0 Å². The molecule has 0 saturated heterocycles. The highest BCUT2D eigenvalue weighted by Gasteiger charge is 2.28. The minimum Gasteiger partial charge on any atom is -0.451 e. The van der Waals surface area contributed by atoms with Gasteiger partial charge in [0.15, 0.2) is 11.9 Å². The molecule has 2 aromatic heterocycles. The number of benzene rings is 1. The fourth-order valence-corrected chi connectivity index (χ4v) is 3.97. The molecule has 0 aliphatic rings. The Morgan fingerprint density at radius 1 is 1.07 bits per heavy atom. The number of H-pyrrole nitrogens is 1. The van der Waals surface area contributed by atoms with Crippen LogP contribution in [0.15, 0.2) is 24.3 Å². The molecular weight excluding hydrogens is 380 g/mol. The maximum absolute atomic E-state index is 13.1. The van der Waals surface area contributed by atoms with Crippen molar-refractivity contribution in [2.75, 3.05) is 0 Å². The van der Waals surface area contributed by atoms with Crippen molar-refractivity contribution < 1.29 is 19.1 Å². The van der Waals surface area contributed by atoms with Crippen molar-refractivity contribution in [2.45, 2.75) is 54.1 Å². The molecule has 3 rings (SSSR count). The molecule has 6 nitrogen and oxygen atoms in total. The minimum absolute atomic E-state index is 0.115. The average molecular weight is 406 g/mol. The number of carbonyl (C=O) groups is 3. The van der Waals surface area contributed by atoms with Gasteiger partial charge in [0, 0.05) is 22.3 Å². The van der Waals surface area contributed by atoms with E-state index < -0.39 is 12.1 Å². The number of para-hydroxylation sites is 1. The first-order chi connectivity index (χ1) is 14.2. The van der Waals surface area contributed by atoms with Crippen molar-refractivity contribution >= 4 is 28.4 Å². The van der Waals surface area contributed by atoms with Crippen LogP contribution in [0.4, 0.5) is 0 Å². The predicted octanol–water partition coefficient (Wildman–Crippen LogP) is 4.68. The molecule has 1 aromatic carbocycles. The smallest absolute Gasteiger partial charge is 0.339 e. The normalized spacial score (nSPS) is 12.1. The number of aromatic nitrogens is 2. The molecule has 0 amide bonds. The van der Waals surface area contributed by atoms with Crippen LogP contribution in [0.2, 0.25) is 0 Å². The Morgan fingerprint density at radius 2 is 1.73 bits per heavy atom. The van der Waals surface area contributed by atoms with E-state index in [2.05, 4.69) is 9.97 Å². The number of Topliss-reactive ketones (excluding diaryl/α,β-unsaturated/α-hetero) is 2. The van der Waals surface area contributed by atoms with Gasteiger partial charge in [-0.25, -0.2) is 4.79 Å². The van der Waals surface area contributed by atoms with Gasteiger partial charge in [-0.1, -0.05) is 25.1 Å². The average Bonchev–Trinajstić information content (AvgIpc) is 3.00. The fraction of sp³-hybridized carbons (Fsp3) is 0.333. The number of aromatic amines is 1.